The Bertz CT molecular complexity index is 807. The summed E-state index contributed by atoms with van der Waals surface area (Å²) in [7, 11) is 0. The van der Waals surface area contributed by atoms with Crippen molar-refractivity contribution in [2.75, 3.05) is 42.9 Å². The van der Waals surface area contributed by atoms with Crippen LogP contribution in [0.3, 0.4) is 0 Å². The number of amides is 1. The van der Waals surface area contributed by atoms with Crippen LogP contribution in [0.1, 0.15) is 42.9 Å². The molecule has 0 bridgehead atoms. The minimum absolute atomic E-state index is 0.102. The van der Waals surface area contributed by atoms with Crippen LogP contribution in [0, 0.1) is 13.8 Å². The summed E-state index contributed by atoms with van der Waals surface area (Å²) in [5, 5.41) is 3.10. The highest BCUT2D eigenvalue weighted by Gasteiger charge is 2.19. The van der Waals surface area contributed by atoms with E-state index in [-0.39, 0.29) is 5.91 Å². The number of aryl methyl sites for hydroxylation is 1. The predicted octanol–water partition coefficient (Wildman–Crippen LogP) is 4.58. The van der Waals surface area contributed by atoms with Crippen molar-refractivity contribution >= 4 is 17.3 Å². The Morgan fingerprint density at radius 2 is 1.71 bits per heavy atom. The number of nitrogens with zero attached hydrogens (tertiary/aromatic N) is 2. The van der Waals surface area contributed by atoms with Gasteiger partial charge in [0.15, 0.2) is 0 Å². The molecule has 0 spiro atoms. The number of para-hydroxylation sites is 1. The lowest BCUT2D eigenvalue weighted by molar-refractivity contribution is -0.116. The minimum atomic E-state index is 0.102. The molecule has 2 aromatic rings. The first kappa shape index (κ1) is 20.4. The molecule has 0 aromatic heterocycles. The first-order valence-electron chi connectivity index (χ1n) is 10.4. The molecule has 1 aliphatic rings. The third kappa shape index (κ3) is 4.93. The maximum atomic E-state index is 12.4. The minimum Gasteiger partial charge on any atom is -0.369 e. The Morgan fingerprint density at radius 1 is 1.00 bits per heavy atom. The zero-order chi connectivity index (χ0) is 20.1. The van der Waals surface area contributed by atoms with Gasteiger partial charge in [-0.2, -0.15) is 0 Å². The van der Waals surface area contributed by atoms with E-state index in [1.165, 1.54) is 22.4 Å². The molecule has 1 aliphatic heterocycles. The van der Waals surface area contributed by atoms with Crippen molar-refractivity contribution in [2.45, 2.75) is 40.0 Å². The molecule has 4 nitrogen and oxygen atoms in total. The maximum absolute atomic E-state index is 12.4. The molecule has 0 atom stereocenters. The predicted molar refractivity (Wildman–Crippen MR) is 118 cm³/mol. The van der Waals surface area contributed by atoms with E-state index in [9.17, 15) is 4.79 Å². The summed E-state index contributed by atoms with van der Waals surface area (Å²) in [6.45, 7) is 13.5. The third-order valence-electron chi connectivity index (χ3n) is 5.80. The lowest BCUT2D eigenvalue weighted by Gasteiger charge is -2.37. The number of piperazine rings is 1. The lowest BCUT2D eigenvalue weighted by Crippen LogP contribution is -2.47. The van der Waals surface area contributed by atoms with E-state index in [4.69, 9.17) is 0 Å². The highest BCUT2D eigenvalue weighted by molar-refractivity contribution is 5.91. The molecule has 1 fully saturated rings. The van der Waals surface area contributed by atoms with Crippen LogP contribution in [0.5, 0.6) is 0 Å². The summed E-state index contributed by atoms with van der Waals surface area (Å²) in [6, 6.07) is 14.6. The first-order chi connectivity index (χ1) is 13.5. The zero-order valence-electron chi connectivity index (χ0n) is 17.7. The van der Waals surface area contributed by atoms with Crippen LogP contribution in [0.4, 0.5) is 11.4 Å². The largest absolute Gasteiger partial charge is 0.369 e. The number of anilines is 2. The highest BCUT2D eigenvalue weighted by Crippen LogP contribution is 2.25. The van der Waals surface area contributed by atoms with Crippen molar-refractivity contribution in [3.63, 3.8) is 0 Å². The first-order valence-corrected chi connectivity index (χ1v) is 10.4. The summed E-state index contributed by atoms with van der Waals surface area (Å²) in [5.41, 5.74) is 6.21. The molecular weight excluding hydrogens is 346 g/mol. The van der Waals surface area contributed by atoms with Crippen molar-refractivity contribution in [3.05, 3.63) is 59.2 Å². The Balaban J connectivity index is 1.48. The lowest BCUT2D eigenvalue weighted by atomic mass is 10.0. The summed E-state index contributed by atoms with van der Waals surface area (Å²) < 4.78 is 0. The van der Waals surface area contributed by atoms with E-state index in [1.54, 1.807) is 0 Å². The van der Waals surface area contributed by atoms with Crippen molar-refractivity contribution in [3.8, 4) is 0 Å². The Kier molecular flexibility index (Phi) is 6.74. The van der Waals surface area contributed by atoms with Crippen LogP contribution in [0.25, 0.3) is 0 Å². The summed E-state index contributed by atoms with van der Waals surface area (Å²) in [6.07, 6.45) is 0.538. The van der Waals surface area contributed by atoms with Crippen LogP contribution >= 0.6 is 0 Å². The highest BCUT2D eigenvalue weighted by atomic mass is 16.1. The number of rotatable bonds is 6. The molecule has 1 N–H and O–H groups in total. The fraction of sp³-hybridized carbons (Fsp3) is 0.458. The second-order valence-corrected chi connectivity index (χ2v) is 8.09. The van der Waals surface area contributed by atoms with Gasteiger partial charge in [-0.15, -0.1) is 0 Å². The molecule has 0 aliphatic carbocycles. The van der Waals surface area contributed by atoms with Gasteiger partial charge >= 0.3 is 0 Å². The van der Waals surface area contributed by atoms with Gasteiger partial charge in [-0.25, -0.2) is 0 Å². The van der Waals surface area contributed by atoms with E-state index >= 15 is 0 Å². The number of nitrogens with one attached hydrogen (secondary N) is 1. The average molecular weight is 380 g/mol. The maximum Gasteiger partial charge on any atom is 0.225 e. The van der Waals surface area contributed by atoms with Crippen LogP contribution < -0.4 is 10.2 Å². The molecule has 0 saturated carbocycles. The number of carbonyl (C=O) groups excluding carboxylic acids is 1. The molecule has 0 unspecified atom stereocenters. The molecule has 2 aromatic carbocycles. The van der Waals surface area contributed by atoms with Crippen molar-refractivity contribution in [1.82, 2.24) is 4.90 Å². The summed E-state index contributed by atoms with van der Waals surface area (Å²) in [4.78, 5) is 17.3. The molecule has 28 heavy (non-hydrogen) atoms. The van der Waals surface area contributed by atoms with Gasteiger partial charge in [-0.1, -0.05) is 44.2 Å². The van der Waals surface area contributed by atoms with Gasteiger partial charge in [0.25, 0.3) is 0 Å². The van der Waals surface area contributed by atoms with E-state index in [0.29, 0.717) is 12.3 Å². The molecule has 150 valence electrons. The monoisotopic (exact) mass is 379 g/mol. The van der Waals surface area contributed by atoms with Crippen molar-refractivity contribution in [1.29, 1.82) is 0 Å². The molecule has 1 amide bonds. The Labute approximate surface area is 169 Å². The fourth-order valence-corrected chi connectivity index (χ4v) is 3.88. The molecule has 3 rings (SSSR count). The van der Waals surface area contributed by atoms with E-state index < -0.39 is 0 Å². The van der Waals surface area contributed by atoms with E-state index in [2.05, 4.69) is 67.1 Å². The molecule has 0 radical (unpaired) electrons. The number of carbonyl (C=O) groups is 1. The van der Waals surface area contributed by atoms with Gasteiger partial charge in [-0.05, 0) is 48.6 Å². The van der Waals surface area contributed by atoms with Crippen molar-refractivity contribution < 1.29 is 4.79 Å². The second-order valence-electron chi connectivity index (χ2n) is 8.09. The smallest absolute Gasteiger partial charge is 0.225 e. The van der Waals surface area contributed by atoms with Crippen LogP contribution in [0.2, 0.25) is 0 Å². The van der Waals surface area contributed by atoms with Gasteiger partial charge in [0.1, 0.15) is 0 Å². The van der Waals surface area contributed by atoms with Gasteiger partial charge in [-0.3, -0.25) is 9.69 Å². The fourth-order valence-electron chi connectivity index (χ4n) is 3.88. The van der Waals surface area contributed by atoms with E-state index in [1.807, 2.05) is 18.2 Å². The molecule has 1 heterocycles. The topological polar surface area (TPSA) is 35.6 Å². The number of hydrogen-bond acceptors (Lipinski definition) is 3. The van der Waals surface area contributed by atoms with Gasteiger partial charge in [0.05, 0.1) is 0 Å². The second kappa shape index (κ2) is 9.24. The van der Waals surface area contributed by atoms with Crippen LogP contribution in [-0.2, 0) is 4.79 Å². The van der Waals surface area contributed by atoms with E-state index in [0.717, 1.165) is 38.4 Å². The number of hydrogen-bond donors (Lipinski definition) is 1. The zero-order valence-corrected chi connectivity index (χ0v) is 17.7. The average Bonchev–Trinajstić information content (AvgIpc) is 2.69. The normalized spacial score (nSPS) is 15.1. The number of benzene rings is 2. The molecule has 4 heteroatoms. The molecular formula is C24H33N3O. The van der Waals surface area contributed by atoms with Crippen molar-refractivity contribution in [2.24, 2.45) is 0 Å². The Hall–Kier alpha value is -2.33. The molecule has 1 saturated heterocycles. The standard InChI is InChI=1S/C24H33N3O/c1-18(2)21-9-5-6-10-22(21)25-24(28)12-13-26-14-16-27(17-15-26)23-11-7-8-19(3)20(23)4/h5-11,18H,12-17H2,1-4H3,(H,25,28). The van der Waals surface area contributed by atoms with Crippen LogP contribution in [-0.4, -0.2) is 43.5 Å². The summed E-state index contributed by atoms with van der Waals surface area (Å²) in [5.74, 6) is 0.500. The van der Waals surface area contributed by atoms with Gasteiger partial charge < -0.3 is 10.2 Å². The summed E-state index contributed by atoms with van der Waals surface area (Å²) >= 11 is 0. The quantitative estimate of drug-likeness (QED) is 0.798. The SMILES string of the molecule is Cc1cccc(N2CCN(CCC(=O)Nc3ccccc3C(C)C)CC2)c1C. The Morgan fingerprint density at radius 3 is 2.43 bits per heavy atom. The van der Waals surface area contributed by atoms with Gasteiger partial charge in [0.2, 0.25) is 5.91 Å². The van der Waals surface area contributed by atoms with Gasteiger partial charge in [0, 0.05) is 50.5 Å². The third-order valence-corrected chi connectivity index (χ3v) is 5.80. The van der Waals surface area contributed by atoms with Crippen LogP contribution in [0.15, 0.2) is 42.5 Å².